The number of carbonyl (C=O) groups excluding carboxylic acids is 1. The highest BCUT2D eigenvalue weighted by molar-refractivity contribution is 8.26. The Balaban J connectivity index is 2.27. The van der Waals surface area contributed by atoms with Crippen molar-refractivity contribution in [2.75, 3.05) is 13.2 Å². The number of amides is 1. The summed E-state index contributed by atoms with van der Waals surface area (Å²) in [6.07, 6.45) is 1.67. The van der Waals surface area contributed by atoms with Crippen LogP contribution >= 0.6 is 24.0 Å². The van der Waals surface area contributed by atoms with Crippen molar-refractivity contribution >= 4 is 46.3 Å². The molecule has 2 rings (SSSR count). The van der Waals surface area contributed by atoms with Crippen LogP contribution in [0.4, 0.5) is 0 Å². The van der Waals surface area contributed by atoms with Crippen LogP contribution in [0.15, 0.2) is 29.2 Å². The van der Waals surface area contributed by atoms with Gasteiger partial charge in [-0.2, -0.15) is 0 Å². The van der Waals surface area contributed by atoms with Crippen molar-refractivity contribution in [2.45, 2.75) is 6.92 Å². The lowest BCUT2D eigenvalue weighted by molar-refractivity contribution is -0.139. The van der Waals surface area contributed by atoms with E-state index < -0.39 is 12.6 Å². The number of para-hydroxylation sites is 1. The Morgan fingerprint density at radius 1 is 1.48 bits per heavy atom. The molecular weight excluding hydrogens is 310 g/mol. The molecule has 0 atom stereocenters. The third kappa shape index (κ3) is 3.62. The molecule has 1 heterocycles. The highest BCUT2D eigenvalue weighted by Gasteiger charge is 2.30. The van der Waals surface area contributed by atoms with Gasteiger partial charge in [-0.3, -0.25) is 9.69 Å². The summed E-state index contributed by atoms with van der Waals surface area (Å²) < 4.78 is 5.74. The second kappa shape index (κ2) is 6.73. The molecule has 0 unspecified atom stereocenters. The van der Waals surface area contributed by atoms with Crippen molar-refractivity contribution in [3.05, 3.63) is 34.7 Å². The molecule has 1 aromatic rings. The monoisotopic (exact) mass is 323 g/mol. The van der Waals surface area contributed by atoms with Gasteiger partial charge in [0.25, 0.3) is 5.91 Å². The van der Waals surface area contributed by atoms with E-state index in [0.29, 0.717) is 27.1 Å². The van der Waals surface area contributed by atoms with Crippen LogP contribution in [0.25, 0.3) is 6.08 Å². The number of hydrogen-bond donors (Lipinski definition) is 1. The molecule has 1 aliphatic rings. The molecule has 110 valence electrons. The highest BCUT2D eigenvalue weighted by atomic mass is 32.2. The normalized spacial score (nSPS) is 16.6. The number of aliphatic carboxylic acids is 1. The second-order valence-corrected chi connectivity index (χ2v) is 5.82. The van der Waals surface area contributed by atoms with Crippen LogP contribution in [0.3, 0.4) is 0 Å². The minimum atomic E-state index is -1.05. The molecule has 0 aliphatic carbocycles. The molecule has 1 N–H and O–H groups in total. The number of hydrogen-bond acceptors (Lipinski definition) is 5. The van der Waals surface area contributed by atoms with E-state index in [1.807, 2.05) is 6.92 Å². The molecule has 0 spiro atoms. The maximum absolute atomic E-state index is 12.1. The average molecular weight is 323 g/mol. The Kier molecular flexibility index (Phi) is 4.98. The number of carboxylic acid groups (broad SMARTS) is 1. The smallest absolute Gasteiger partial charge is 0.341 e. The summed E-state index contributed by atoms with van der Waals surface area (Å²) >= 11 is 6.38. The topological polar surface area (TPSA) is 66.8 Å². The van der Waals surface area contributed by atoms with Gasteiger partial charge < -0.3 is 9.84 Å². The van der Waals surface area contributed by atoms with Crippen LogP contribution in [-0.2, 0) is 9.59 Å². The van der Waals surface area contributed by atoms with Gasteiger partial charge in [-0.25, -0.2) is 4.79 Å². The van der Waals surface area contributed by atoms with E-state index in [4.69, 9.17) is 22.1 Å². The lowest BCUT2D eigenvalue weighted by Crippen LogP contribution is -2.27. The summed E-state index contributed by atoms with van der Waals surface area (Å²) in [5, 5.41) is 8.67. The minimum absolute atomic E-state index is 0.138. The fraction of sp³-hybridized carbons (Fsp3) is 0.214. The zero-order valence-electron chi connectivity index (χ0n) is 11.2. The van der Waals surface area contributed by atoms with Crippen LogP contribution in [0, 0.1) is 0 Å². The third-order valence-electron chi connectivity index (χ3n) is 2.75. The average Bonchev–Trinajstić information content (AvgIpc) is 2.72. The van der Waals surface area contributed by atoms with Crippen LogP contribution in [-0.4, -0.2) is 39.4 Å². The first-order valence-electron chi connectivity index (χ1n) is 6.22. The van der Waals surface area contributed by atoms with Crippen LogP contribution in [0.5, 0.6) is 5.75 Å². The molecule has 21 heavy (non-hydrogen) atoms. The molecule has 1 aromatic carbocycles. The Morgan fingerprint density at radius 2 is 2.19 bits per heavy atom. The van der Waals surface area contributed by atoms with Crippen LogP contribution < -0.4 is 4.74 Å². The van der Waals surface area contributed by atoms with E-state index in [-0.39, 0.29) is 5.91 Å². The van der Waals surface area contributed by atoms with Crippen LogP contribution in [0.1, 0.15) is 12.5 Å². The molecule has 0 saturated carbocycles. The van der Waals surface area contributed by atoms with Gasteiger partial charge in [-0.1, -0.05) is 42.2 Å². The number of ether oxygens (including phenoxy) is 1. The molecule has 1 aliphatic heterocycles. The van der Waals surface area contributed by atoms with Crippen molar-refractivity contribution in [2.24, 2.45) is 0 Å². The molecule has 0 bridgehead atoms. The highest BCUT2D eigenvalue weighted by Crippen LogP contribution is 2.33. The van der Waals surface area contributed by atoms with Gasteiger partial charge in [-0.05, 0) is 19.1 Å². The van der Waals surface area contributed by atoms with Crippen molar-refractivity contribution in [3.63, 3.8) is 0 Å². The van der Waals surface area contributed by atoms with Gasteiger partial charge >= 0.3 is 5.97 Å². The number of rotatable bonds is 5. The van der Waals surface area contributed by atoms with Crippen molar-refractivity contribution in [1.82, 2.24) is 4.90 Å². The van der Waals surface area contributed by atoms with E-state index in [0.717, 1.165) is 0 Å². The Morgan fingerprint density at radius 3 is 2.81 bits per heavy atom. The molecule has 1 fully saturated rings. The number of benzene rings is 1. The summed E-state index contributed by atoms with van der Waals surface area (Å²) in [5.41, 5.74) is 0.648. The molecule has 0 radical (unpaired) electrons. The standard InChI is InChI=1S/C14H13NO4S2/c1-2-15-13(18)11(21-14(15)20)7-9-5-3-4-6-10(9)19-8-12(16)17/h3-7H,2,8H2,1H3,(H,16,17)/b11-7-. The Hall–Kier alpha value is -1.86. The van der Waals surface area contributed by atoms with Crippen molar-refractivity contribution in [1.29, 1.82) is 0 Å². The van der Waals surface area contributed by atoms with Crippen LogP contribution in [0.2, 0.25) is 0 Å². The second-order valence-electron chi connectivity index (χ2n) is 4.15. The quantitative estimate of drug-likeness (QED) is 0.663. The number of thiocarbonyl (C=S) groups is 1. The Labute approximate surface area is 131 Å². The first kappa shape index (κ1) is 15.5. The zero-order chi connectivity index (χ0) is 15.4. The largest absolute Gasteiger partial charge is 0.481 e. The summed E-state index contributed by atoms with van der Waals surface area (Å²) in [5.74, 6) is -0.774. The number of likely N-dealkylation sites (N-methyl/N-ethyl adjacent to an activating group) is 1. The molecule has 0 aromatic heterocycles. The lowest BCUT2D eigenvalue weighted by atomic mass is 10.2. The summed E-state index contributed by atoms with van der Waals surface area (Å²) in [6.45, 7) is 1.96. The third-order valence-corrected chi connectivity index (χ3v) is 4.12. The fourth-order valence-corrected chi connectivity index (χ4v) is 3.16. The lowest BCUT2D eigenvalue weighted by Gasteiger charge is -2.10. The molecule has 1 amide bonds. The first-order valence-corrected chi connectivity index (χ1v) is 7.44. The van der Waals surface area contributed by atoms with E-state index in [1.165, 1.54) is 16.7 Å². The Bertz CT molecular complexity index is 627. The molecule has 1 saturated heterocycles. The fourth-order valence-electron chi connectivity index (χ4n) is 1.78. The van der Waals surface area contributed by atoms with Gasteiger partial charge in [0.05, 0.1) is 4.91 Å². The molecule has 7 heteroatoms. The molecular formula is C14H13NO4S2. The SMILES string of the molecule is CCN1C(=O)/C(=C/c2ccccc2OCC(=O)O)SC1=S. The van der Waals surface area contributed by atoms with Gasteiger partial charge in [0, 0.05) is 12.1 Å². The van der Waals surface area contributed by atoms with E-state index in [9.17, 15) is 9.59 Å². The number of carbonyl (C=O) groups is 2. The summed E-state index contributed by atoms with van der Waals surface area (Å²) in [6, 6.07) is 6.96. The summed E-state index contributed by atoms with van der Waals surface area (Å²) in [7, 11) is 0. The van der Waals surface area contributed by atoms with Gasteiger partial charge in [-0.15, -0.1) is 0 Å². The van der Waals surface area contributed by atoms with E-state index in [2.05, 4.69) is 0 Å². The van der Waals surface area contributed by atoms with E-state index >= 15 is 0 Å². The maximum Gasteiger partial charge on any atom is 0.341 e. The number of nitrogens with zero attached hydrogens (tertiary/aromatic N) is 1. The van der Waals surface area contributed by atoms with Crippen molar-refractivity contribution in [3.8, 4) is 5.75 Å². The maximum atomic E-state index is 12.1. The zero-order valence-corrected chi connectivity index (χ0v) is 12.9. The molecule has 5 nitrogen and oxygen atoms in total. The first-order chi connectivity index (χ1) is 10.0. The predicted octanol–water partition coefficient (Wildman–Crippen LogP) is 2.37. The summed E-state index contributed by atoms with van der Waals surface area (Å²) in [4.78, 5) is 24.8. The minimum Gasteiger partial charge on any atom is -0.481 e. The van der Waals surface area contributed by atoms with Crippen molar-refractivity contribution < 1.29 is 19.4 Å². The van der Waals surface area contributed by atoms with Gasteiger partial charge in [0.15, 0.2) is 6.61 Å². The van der Waals surface area contributed by atoms with E-state index in [1.54, 1.807) is 30.3 Å². The van der Waals surface area contributed by atoms with Gasteiger partial charge in [0.2, 0.25) is 0 Å². The number of carboxylic acids is 1. The predicted molar refractivity (Wildman–Crippen MR) is 85.1 cm³/mol. The van der Waals surface area contributed by atoms with Gasteiger partial charge in [0.1, 0.15) is 10.1 Å². The number of thioether (sulfide) groups is 1.